The van der Waals surface area contributed by atoms with Crippen LogP contribution in [0.3, 0.4) is 0 Å². The number of unbranched alkanes of at least 4 members (excludes halogenated alkanes) is 1. The molecule has 1 saturated carbocycles. The summed E-state index contributed by atoms with van der Waals surface area (Å²) in [5, 5.41) is 8.45. The first-order valence-electron chi connectivity index (χ1n) is 9.54. The number of hydrogen-bond donors (Lipinski definition) is 0. The summed E-state index contributed by atoms with van der Waals surface area (Å²) in [6.07, 6.45) is 12.0. The van der Waals surface area contributed by atoms with Crippen LogP contribution >= 0.6 is 0 Å². The van der Waals surface area contributed by atoms with Gasteiger partial charge in [-0.1, -0.05) is 43.2 Å². The van der Waals surface area contributed by atoms with Gasteiger partial charge >= 0.3 is 6.36 Å². The number of ether oxygens (including phenoxy) is 1. The van der Waals surface area contributed by atoms with Crippen molar-refractivity contribution in [3.05, 3.63) is 54.1 Å². The van der Waals surface area contributed by atoms with E-state index in [0.29, 0.717) is 5.92 Å². The van der Waals surface area contributed by atoms with Crippen molar-refractivity contribution < 1.29 is 17.9 Å². The molecular weight excluding hydrogens is 351 g/mol. The van der Waals surface area contributed by atoms with Crippen LogP contribution in [0.5, 0.6) is 5.75 Å². The molecule has 1 aromatic rings. The topological polar surface area (TPSA) is 33.0 Å². The molecule has 1 aromatic carbocycles. The van der Waals surface area contributed by atoms with E-state index in [4.69, 9.17) is 5.26 Å². The van der Waals surface area contributed by atoms with E-state index in [-0.39, 0.29) is 5.75 Å². The number of benzene rings is 1. The molecule has 0 radical (unpaired) electrons. The SMILES string of the molecule is N#C/C=C/C=C/[C@H]1CC[C@H](CCCCc2ccc(OC(F)(F)F)cc2)CC1. The number of nitrogens with zero attached hydrogens (tertiary/aromatic N) is 1. The maximum absolute atomic E-state index is 12.1. The molecule has 0 amide bonds. The second kappa shape index (κ2) is 10.8. The molecule has 1 aliphatic carbocycles. The summed E-state index contributed by atoms with van der Waals surface area (Å²) in [5.74, 6) is 1.24. The standard InChI is InChI=1S/C22H26F3NO/c23-22(24,25)27-21-15-13-20(14-16-21)8-4-3-7-19-11-9-18(10-12-19)6-2-1-5-17-26/h1-2,5-6,13-16,18-19H,3-4,7-12H2/b5-1+,6-2+/t18-,19-. The van der Waals surface area contributed by atoms with E-state index in [0.717, 1.165) is 30.7 Å². The summed E-state index contributed by atoms with van der Waals surface area (Å²) >= 11 is 0. The Hall–Kier alpha value is -2.22. The highest BCUT2D eigenvalue weighted by atomic mass is 19.4. The lowest BCUT2D eigenvalue weighted by atomic mass is 9.79. The third-order valence-corrected chi connectivity index (χ3v) is 5.04. The van der Waals surface area contributed by atoms with Crippen LogP contribution in [-0.4, -0.2) is 6.36 Å². The highest BCUT2D eigenvalue weighted by Crippen LogP contribution is 2.32. The largest absolute Gasteiger partial charge is 0.573 e. The van der Waals surface area contributed by atoms with E-state index >= 15 is 0 Å². The van der Waals surface area contributed by atoms with Crippen molar-refractivity contribution in [3.8, 4) is 11.8 Å². The van der Waals surface area contributed by atoms with Gasteiger partial charge in [-0.3, -0.25) is 0 Å². The molecular formula is C22H26F3NO. The molecule has 1 aliphatic rings. The molecule has 5 heteroatoms. The first-order valence-corrected chi connectivity index (χ1v) is 9.54. The number of aryl methyl sites for hydroxylation is 1. The Morgan fingerprint density at radius 3 is 2.37 bits per heavy atom. The van der Waals surface area contributed by atoms with Crippen molar-refractivity contribution in [3.63, 3.8) is 0 Å². The molecule has 0 atom stereocenters. The van der Waals surface area contributed by atoms with Crippen LogP contribution in [0.4, 0.5) is 13.2 Å². The summed E-state index contributed by atoms with van der Waals surface area (Å²) in [6, 6.07) is 8.15. The minimum atomic E-state index is -4.64. The number of alkyl halides is 3. The average molecular weight is 377 g/mol. The minimum absolute atomic E-state index is 0.167. The van der Waals surface area contributed by atoms with Crippen molar-refractivity contribution >= 4 is 0 Å². The Balaban J connectivity index is 1.60. The van der Waals surface area contributed by atoms with E-state index in [1.54, 1.807) is 18.2 Å². The Morgan fingerprint density at radius 1 is 1.04 bits per heavy atom. The van der Waals surface area contributed by atoms with E-state index in [2.05, 4.69) is 10.8 Å². The molecule has 146 valence electrons. The molecule has 0 spiro atoms. The number of halogens is 3. The van der Waals surface area contributed by atoms with Gasteiger partial charge in [-0.25, -0.2) is 0 Å². The van der Waals surface area contributed by atoms with Crippen molar-refractivity contribution in [2.24, 2.45) is 11.8 Å². The predicted octanol–water partition coefficient (Wildman–Crippen LogP) is 6.74. The number of rotatable bonds is 8. The van der Waals surface area contributed by atoms with Gasteiger partial charge in [0.1, 0.15) is 5.75 Å². The minimum Gasteiger partial charge on any atom is -0.406 e. The first kappa shape index (κ1) is 21.1. The zero-order valence-electron chi connectivity index (χ0n) is 15.4. The molecule has 0 N–H and O–H groups in total. The van der Waals surface area contributed by atoms with Gasteiger partial charge in [0.05, 0.1) is 6.07 Å². The van der Waals surface area contributed by atoms with Crippen molar-refractivity contribution in [1.82, 2.24) is 0 Å². The van der Waals surface area contributed by atoms with Crippen molar-refractivity contribution in [2.75, 3.05) is 0 Å². The lowest BCUT2D eigenvalue weighted by molar-refractivity contribution is -0.274. The van der Waals surface area contributed by atoms with Gasteiger partial charge in [0, 0.05) is 6.08 Å². The fourth-order valence-corrected chi connectivity index (χ4v) is 3.61. The Labute approximate surface area is 159 Å². The third kappa shape index (κ3) is 8.81. The maximum atomic E-state index is 12.1. The average Bonchev–Trinajstić information content (AvgIpc) is 2.63. The lowest BCUT2D eigenvalue weighted by Gasteiger charge is -2.26. The molecule has 0 unspecified atom stereocenters. The lowest BCUT2D eigenvalue weighted by Crippen LogP contribution is -2.17. The van der Waals surface area contributed by atoms with E-state index in [9.17, 15) is 13.2 Å². The molecule has 0 aliphatic heterocycles. The summed E-state index contributed by atoms with van der Waals surface area (Å²) in [6.45, 7) is 0. The normalized spacial score (nSPS) is 20.8. The molecule has 0 saturated heterocycles. The van der Waals surface area contributed by atoms with E-state index in [1.165, 1.54) is 50.3 Å². The zero-order chi connectivity index (χ0) is 19.5. The van der Waals surface area contributed by atoms with Crippen LogP contribution in [0.2, 0.25) is 0 Å². The van der Waals surface area contributed by atoms with Gasteiger partial charge in [-0.05, 0) is 68.1 Å². The molecule has 2 nitrogen and oxygen atoms in total. The van der Waals surface area contributed by atoms with Crippen LogP contribution in [-0.2, 0) is 6.42 Å². The van der Waals surface area contributed by atoms with Gasteiger partial charge in [-0.2, -0.15) is 5.26 Å². The summed E-state index contributed by atoms with van der Waals surface area (Å²) < 4.78 is 40.3. The van der Waals surface area contributed by atoms with E-state index < -0.39 is 6.36 Å². The quantitative estimate of drug-likeness (QED) is 0.285. The Morgan fingerprint density at radius 2 is 1.74 bits per heavy atom. The Kier molecular flexibility index (Phi) is 8.44. The zero-order valence-corrected chi connectivity index (χ0v) is 15.4. The molecule has 0 bridgehead atoms. The van der Waals surface area contributed by atoms with Crippen LogP contribution < -0.4 is 4.74 Å². The molecule has 27 heavy (non-hydrogen) atoms. The van der Waals surface area contributed by atoms with E-state index in [1.807, 2.05) is 12.1 Å². The molecule has 2 rings (SSSR count). The maximum Gasteiger partial charge on any atom is 0.573 e. The van der Waals surface area contributed by atoms with Crippen LogP contribution in [0.1, 0.15) is 50.5 Å². The van der Waals surface area contributed by atoms with Crippen LogP contribution in [0, 0.1) is 23.2 Å². The monoisotopic (exact) mass is 377 g/mol. The number of nitriles is 1. The van der Waals surface area contributed by atoms with Crippen molar-refractivity contribution in [2.45, 2.75) is 57.7 Å². The molecule has 0 aromatic heterocycles. The fourth-order valence-electron chi connectivity index (χ4n) is 3.61. The second-order valence-corrected chi connectivity index (χ2v) is 7.09. The Bertz CT molecular complexity index is 648. The van der Waals surface area contributed by atoms with Gasteiger partial charge in [0.15, 0.2) is 0 Å². The number of hydrogen-bond acceptors (Lipinski definition) is 2. The molecule has 1 fully saturated rings. The highest BCUT2D eigenvalue weighted by Gasteiger charge is 2.30. The third-order valence-electron chi connectivity index (χ3n) is 5.04. The van der Waals surface area contributed by atoms with Gasteiger partial charge in [-0.15, -0.1) is 13.2 Å². The van der Waals surface area contributed by atoms with Gasteiger partial charge < -0.3 is 4.74 Å². The number of allylic oxidation sites excluding steroid dienone is 4. The summed E-state index contributed by atoms with van der Waals surface area (Å²) in [7, 11) is 0. The fraction of sp³-hybridized carbons (Fsp3) is 0.500. The predicted molar refractivity (Wildman–Crippen MR) is 100 cm³/mol. The highest BCUT2D eigenvalue weighted by molar-refractivity contribution is 5.27. The van der Waals surface area contributed by atoms with Gasteiger partial charge in [0.25, 0.3) is 0 Å². The second-order valence-electron chi connectivity index (χ2n) is 7.09. The van der Waals surface area contributed by atoms with Crippen LogP contribution in [0.15, 0.2) is 48.6 Å². The summed E-state index contributed by atoms with van der Waals surface area (Å²) in [5.41, 5.74) is 1.05. The van der Waals surface area contributed by atoms with Crippen LogP contribution in [0.25, 0.3) is 0 Å². The van der Waals surface area contributed by atoms with Gasteiger partial charge in [0.2, 0.25) is 0 Å². The molecule has 0 heterocycles. The first-order chi connectivity index (χ1) is 13.0. The van der Waals surface area contributed by atoms with Crippen molar-refractivity contribution in [1.29, 1.82) is 5.26 Å². The smallest absolute Gasteiger partial charge is 0.406 e. The summed E-state index contributed by atoms with van der Waals surface area (Å²) in [4.78, 5) is 0.